The van der Waals surface area contributed by atoms with Gasteiger partial charge in [0.2, 0.25) is 0 Å². The third-order valence-corrected chi connectivity index (χ3v) is 5.90. The highest BCUT2D eigenvalue weighted by Crippen LogP contribution is 2.47. The number of nitro groups is 1. The molecule has 13 heteroatoms. The maximum absolute atomic E-state index is 14.1. The van der Waals surface area contributed by atoms with Crippen molar-refractivity contribution in [1.29, 1.82) is 0 Å². The topological polar surface area (TPSA) is 117 Å². The van der Waals surface area contributed by atoms with Crippen LogP contribution < -0.4 is 4.74 Å². The van der Waals surface area contributed by atoms with Gasteiger partial charge in [-0.15, -0.1) is 0 Å². The summed E-state index contributed by atoms with van der Waals surface area (Å²) in [7, 11) is 0. The number of hydrogen-bond donors (Lipinski definition) is 0. The third-order valence-electron chi connectivity index (χ3n) is 5.33. The lowest BCUT2D eigenvalue weighted by Gasteiger charge is -2.32. The summed E-state index contributed by atoms with van der Waals surface area (Å²) in [6.45, 7) is 5.61. The number of carbonyl (C=O) groups excluding carboxylic acids is 2. The molecule has 0 fully saturated rings. The molecular weight excluding hydrogens is 565 g/mol. The lowest BCUT2D eigenvalue weighted by atomic mass is 9.74. The van der Waals surface area contributed by atoms with Crippen LogP contribution in [0.5, 0.6) is 5.75 Å². The van der Waals surface area contributed by atoms with Crippen LogP contribution >= 0.6 is 15.9 Å². The summed E-state index contributed by atoms with van der Waals surface area (Å²) in [5, 5.41) is 12.7. The molecule has 0 aromatic heterocycles. The second-order valence-corrected chi connectivity index (χ2v) is 9.19. The quantitative estimate of drug-likeness (QED) is 0.107. The van der Waals surface area contributed by atoms with E-state index in [0.29, 0.717) is 6.42 Å². The number of esters is 2. The van der Waals surface area contributed by atoms with Gasteiger partial charge in [-0.25, -0.2) is 4.79 Å². The molecule has 1 aromatic carbocycles. The summed E-state index contributed by atoms with van der Waals surface area (Å²) < 4.78 is 58.2. The van der Waals surface area contributed by atoms with Gasteiger partial charge < -0.3 is 14.2 Å². The highest BCUT2D eigenvalue weighted by molar-refractivity contribution is 9.09. The van der Waals surface area contributed by atoms with E-state index in [1.165, 1.54) is 39.8 Å². The molecule has 0 radical (unpaired) electrons. The van der Waals surface area contributed by atoms with Gasteiger partial charge in [0.05, 0.1) is 29.8 Å². The molecular formula is C24H28BrF3N2O7. The Kier molecular flexibility index (Phi) is 10.6. The van der Waals surface area contributed by atoms with Crippen LogP contribution in [0.15, 0.2) is 34.5 Å². The highest BCUT2D eigenvalue weighted by Gasteiger charge is 2.51. The molecule has 1 heterocycles. The standard InChI is InChI=1S/C24H28BrF3N2O7/c1-5-35-22(31)20-19(16-12-15(36-11-7-6-10-25)8-9-17(16)30(33)34)18(23(32)37-13(2)3)14(4)29-21(20)24(26,27)28/h8-9,12-13,18-19H,5-7,10-11H2,1-4H3. The Morgan fingerprint density at radius 3 is 2.46 bits per heavy atom. The van der Waals surface area contributed by atoms with Gasteiger partial charge in [-0.3, -0.25) is 19.9 Å². The van der Waals surface area contributed by atoms with E-state index < -0.39 is 57.9 Å². The number of halogens is 4. The summed E-state index contributed by atoms with van der Waals surface area (Å²) in [5.74, 6) is -5.58. The van der Waals surface area contributed by atoms with Crippen LogP contribution in [0.4, 0.5) is 18.9 Å². The SMILES string of the molecule is CCOC(=O)C1=C(C(F)(F)F)N=C(C)C(C(=O)OC(C)C)C1c1cc(OCCCCBr)ccc1[N+](=O)[O-]. The summed E-state index contributed by atoms with van der Waals surface area (Å²) in [4.78, 5) is 40.8. The molecule has 0 spiro atoms. The Morgan fingerprint density at radius 2 is 1.92 bits per heavy atom. The first-order chi connectivity index (χ1) is 17.3. The van der Waals surface area contributed by atoms with Gasteiger partial charge in [-0.05, 0) is 52.7 Å². The van der Waals surface area contributed by atoms with E-state index >= 15 is 0 Å². The maximum atomic E-state index is 14.1. The Hall–Kier alpha value is -2.96. The minimum absolute atomic E-state index is 0.128. The number of carbonyl (C=O) groups is 2. The van der Waals surface area contributed by atoms with Crippen molar-refractivity contribution in [2.45, 2.75) is 58.7 Å². The largest absolute Gasteiger partial charge is 0.494 e. The Morgan fingerprint density at radius 1 is 1.24 bits per heavy atom. The van der Waals surface area contributed by atoms with Crippen molar-refractivity contribution in [2.24, 2.45) is 10.9 Å². The van der Waals surface area contributed by atoms with Crippen molar-refractivity contribution in [1.82, 2.24) is 0 Å². The number of rotatable bonds is 11. The van der Waals surface area contributed by atoms with Crippen molar-refractivity contribution in [3.05, 3.63) is 45.1 Å². The number of unbranched alkanes of at least 4 members (excludes halogenated alkanes) is 1. The van der Waals surface area contributed by atoms with Gasteiger partial charge in [-0.2, -0.15) is 13.2 Å². The molecule has 0 bridgehead atoms. The van der Waals surface area contributed by atoms with Crippen LogP contribution in [0.2, 0.25) is 0 Å². The number of ether oxygens (including phenoxy) is 3. The van der Waals surface area contributed by atoms with E-state index in [-0.39, 0.29) is 30.2 Å². The number of hydrogen-bond acceptors (Lipinski definition) is 8. The lowest BCUT2D eigenvalue weighted by molar-refractivity contribution is -0.385. The zero-order valence-electron chi connectivity index (χ0n) is 20.8. The predicted molar refractivity (Wildman–Crippen MR) is 132 cm³/mol. The van der Waals surface area contributed by atoms with Crippen molar-refractivity contribution < 1.29 is 41.9 Å². The van der Waals surface area contributed by atoms with Crippen molar-refractivity contribution in [3.63, 3.8) is 0 Å². The first kappa shape index (κ1) is 30.3. The lowest BCUT2D eigenvalue weighted by Crippen LogP contribution is -2.39. The maximum Gasteiger partial charge on any atom is 0.433 e. The average Bonchev–Trinajstić information content (AvgIpc) is 2.79. The molecule has 0 saturated carbocycles. The molecule has 2 unspecified atom stereocenters. The van der Waals surface area contributed by atoms with E-state index in [9.17, 15) is 32.9 Å². The van der Waals surface area contributed by atoms with E-state index in [1.807, 2.05) is 0 Å². The van der Waals surface area contributed by atoms with Crippen LogP contribution in [0, 0.1) is 16.0 Å². The highest BCUT2D eigenvalue weighted by atomic mass is 79.9. The van der Waals surface area contributed by atoms with E-state index in [2.05, 4.69) is 20.9 Å². The molecule has 2 rings (SSSR count). The van der Waals surface area contributed by atoms with E-state index in [0.717, 1.165) is 17.8 Å². The van der Waals surface area contributed by atoms with Gasteiger partial charge in [0.1, 0.15) is 11.7 Å². The van der Waals surface area contributed by atoms with Crippen LogP contribution in [-0.4, -0.2) is 53.4 Å². The number of nitrogens with zero attached hydrogens (tertiary/aromatic N) is 2. The number of nitro benzene ring substituents is 1. The van der Waals surface area contributed by atoms with Gasteiger partial charge in [-0.1, -0.05) is 15.9 Å². The summed E-state index contributed by atoms with van der Waals surface area (Å²) in [6.07, 6.45) is -4.35. The van der Waals surface area contributed by atoms with Gasteiger partial charge in [0.25, 0.3) is 5.69 Å². The predicted octanol–water partition coefficient (Wildman–Crippen LogP) is 5.65. The fourth-order valence-corrected chi connectivity index (χ4v) is 4.28. The molecule has 0 saturated heterocycles. The molecule has 0 aliphatic carbocycles. The molecule has 0 N–H and O–H groups in total. The second-order valence-electron chi connectivity index (χ2n) is 8.40. The van der Waals surface area contributed by atoms with E-state index in [4.69, 9.17) is 14.2 Å². The normalized spacial score (nSPS) is 17.9. The Labute approximate surface area is 220 Å². The molecule has 204 valence electrons. The summed E-state index contributed by atoms with van der Waals surface area (Å²) in [5.41, 5.74) is -3.83. The average molecular weight is 593 g/mol. The van der Waals surface area contributed by atoms with Crippen LogP contribution in [0.3, 0.4) is 0 Å². The second kappa shape index (κ2) is 13.0. The smallest absolute Gasteiger partial charge is 0.433 e. The Bertz CT molecular complexity index is 1090. The van der Waals surface area contributed by atoms with Crippen LogP contribution in [0.25, 0.3) is 0 Å². The Balaban J connectivity index is 2.86. The number of aliphatic imine (C=N–C) groups is 1. The molecule has 0 amide bonds. The zero-order chi connectivity index (χ0) is 27.9. The minimum Gasteiger partial charge on any atom is -0.494 e. The summed E-state index contributed by atoms with van der Waals surface area (Å²) in [6, 6.07) is 3.55. The van der Waals surface area contributed by atoms with Gasteiger partial charge in [0.15, 0.2) is 5.70 Å². The van der Waals surface area contributed by atoms with Crippen LogP contribution in [0.1, 0.15) is 52.0 Å². The van der Waals surface area contributed by atoms with Crippen molar-refractivity contribution in [2.75, 3.05) is 18.5 Å². The van der Waals surface area contributed by atoms with Crippen LogP contribution in [-0.2, 0) is 19.1 Å². The molecule has 1 aromatic rings. The molecule has 1 aliphatic heterocycles. The molecule has 9 nitrogen and oxygen atoms in total. The number of alkyl halides is 4. The van der Waals surface area contributed by atoms with Crippen molar-refractivity contribution in [3.8, 4) is 5.75 Å². The number of benzene rings is 1. The van der Waals surface area contributed by atoms with E-state index in [1.54, 1.807) is 0 Å². The molecule has 37 heavy (non-hydrogen) atoms. The first-order valence-electron chi connectivity index (χ1n) is 11.5. The summed E-state index contributed by atoms with van der Waals surface area (Å²) >= 11 is 3.30. The first-order valence-corrected chi connectivity index (χ1v) is 12.7. The monoisotopic (exact) mass is 592 g/mol. The third kappa shape index (κ3) is 7.53. The molecule has 2 atom stereocenters. The zero-order valence-corrected chi connectivity index (χ0v) is 22.3. The van der Waals surface area contributed by atoms with Gasteiger partial charge >= 0.3 is 18.1 Å². The fraction of sp³-hybridized carbons (Fsp3) is 0.542. The number of allylic oxidation sites excluding steroid dienone is 1. The van der Waals surface area contributed by atoms with Crippen molar-refractivity contribution >= 4 is 39.3 Å². The van der Waals surface area contributed by atoms with Gasteiger partial charge in [0, 0.05) is 28.6 Å². The molecule has 1 aliphatic rings. The minimum atomic E-state index is -5.12. The fourth-order valence-electron chi connectivity index (χ4n) is 3.88.